The van der Waals surface area contributed by atoms with Gasteiger partial charge in [-0.3, -0.25) is 14.4 Å². The molecule has 0 aliphatic rings. The van der Waals surface area contributed by atoms with Crippen LogP contribution in [-0.2, 0) is 14.3 Å². The van der Waals surface area contributed by atoms with Gasteiger partial charge in [-0.2, -0.15) is 4.98 Å². The third kappa shape index (κ3) is 7.10. The molecule has 0 aromatic carbocycles. The van der Waals surface area contributed by atoms with Crippen molar-refractivity contribution in [3.8, 4) is 5.88 Å². The summed E-state index contributed by atoms with van der Waals surface area (Å²) >= 11 is 1.29. The van der Waals surface area contributed by atoms with Gasteiger partial charge < -0.3 is 9.47 Å². The number of imide groups is 1. The maximum Gasteiger partial charge on any atom is 0.303 e. The zero-order valence-corrected chi connectivity index (χ0v) is 17.4. The lowest BCUT2D eigenvalue weighted by Crippen LogP contribution is -2.45. The summed E-state index contributed by atoms with van der Waals surface area (Å²) in [5.41, 5.74) is -0.0305. The first kappa shape index (κ1) is 22.1. The van der Waals surface area contributed by atoms with Crippen LogP contribution in [0.3, 0.4) is 0 Å². The molecular formula is C15H24N4O5SSi. The van der Waals surface area contributed by atoms with Gasteiger partial charge in [0.2, 0.25) is 5.88 Å². The Hall–Kier alpha value is -1.98. The van der Waals surface area contributed by atoms with E-state index in [1.807, 2.05) is 0 Å². The molecule has 2 N–H and O–H groups in total. The molecule has 1 aromatic heterocycles. The van der Waals surface area contributed by atoms with Crippen LogP contribution in [0.2, 0.25) is 25.7 Å². The van der Waals surface area contributed by atoms with Gasteiger partial charge in [0.15, 0.2) is 11.8 Å². The highest BCUT2D eigenvalue weighted by molar-refractivity contribution is 7.98. The third-order valence-corrected chi connectivity index (χ3v) is 5.39. The van der Waals surface area contributed by atoms with Gasteiger partial charge >= 0.3 is 5.97 Å². The van der Waals surface area contributed by atoms with Crippen LogP contribution in [0.4, 0.5) is 0 Å². The van der Waals surface area contributed by atoms with Gasteiger partial charge in [0.05, 0.1) is 6.61 Å². The van der Waals surface area contributed by atoms with Gasteiger partial charge in [-0.15, -0.1) is 0 Å². The highest BCUT2D eigenvalue weighted by Gasteiger charge is 2.25. The summed E-state index contributed by atoms with van der Waals surface area (Å²) in [4.78, 5) is 43.4. The van der Waals surface area contributed by atoms with Crippen LogP contribution in [0.1, 0.15) is 17.3 Å². The second kappa shape index (κ2) is 9.64. The molecule has 0 aliphatic carbocycles. The molecule has 9 nitrogen and oxygen atoms in total. The largest absolute Gasteiger partial charge is 0.477 e. The Labute approximate surface area is 157 Å². The second-order valence-electron chi connectivity index (χ2n) is 6.58. The number of carbonyl (C=O) groups is 3. The number of rotatable bonds is 8. The minimum Gasteiger partial charge on any atom is -0.477 e. The van der Waals surface area contributed by atoms with Crippen molar-refractivity contribution in [2.24, 2.45) is 5.84 Å². The SMILES string of the molecule is CSc1ncc(C(=O)N(N)C(=O)COC(C)=O)c(OCC[Si](C)(C)C)n1. The number of amides is 2. The lowest BCUT2D eigenvalue weighted by atomic mass is 10.3. The molecule has 1 rings (SSSR count). The van der Waals surface area contributed by atoms with Crippen molar-refractivity contribution < 1.29 is 23.9 Å². The van der Waals surface area contributed by atoms with Crippen LogP contribution in [0.5, 0.6) is 5.88 Å². The van der Waals surface area contributed by atoms with Gasteiger partial charge in [0, 0.05) is 21.2 Å². The van der Waals surface area contributed by atoms with Crippen LogP contribution < -0.4 is 10.6 Å². The van der Waals surface area contributed by atoms with E-state index < -0.39 is 32.5 Å². The van der Waals surface area contributed by atoms with Crippen molar-refractivity contribution in [1.82, 2.24) is 15.0 Å². The Morgan fingerprint density at radius 1 is 1.31 bits per heavy atom. The van der Waals surface area contributed by atoms with E-state index in [2.05, 4.69) is 34.3 Å². The molecular weight excluding hydrogens is 376 g/mol. The fourth-order valence-corrected chi connectivity index (χ4v) is 2.68. The van der Waals surface area contributed by atoms with Crippen molar-refractivity contribution in [3.63, 3.8) is 0 Å². The highest BCUT2D eigenvalue weighted by atomic mass is 32.2. The number of hydrazine groups is 1. The van der Waals surface area contributed by atoms with Gasteiger partial charge in [-0.05, 0) is 12.3 Å². The van der Waals surface area contributed by atoms with E-state index in [0.717, 1.165) is 13.0 Å². The second-order valence-corrected chi connectivity index (χ2v) is 13.0. The Bertz CT molecular complexity index is 680. The number of aromatic nitrogens is 2. The molecule has 0 fully saturated rings. The van der Waals surface area contributed by atoms with E-state index in [-0.39, 0.29) is 11.4 Å². The summed E-state index contributed by atoms with van der Waals surface area (Å²) in [5, 5.41) is 0.797. The first-order chi connectivity index (χ1) is 12.0. The van der Waals surface area contributed by atoms with Crippen LogP contribution in [0, 0.1) is 0 Å². The molecule has 0 saturated carbocycles. The molecule has 11 heteroatoms. The first-order valence-electron chi connectivity index (χ1n) is 7.84. The maximum absolute atomic E-state index is 12.5. The molecule has 0 spiro atoms. The van der Waals surface area contributed by atoms with Gasteiger partial charge in [0.1, 0.15) is 5.56 Å². The topological polar surface area (TPSA) is 125 Å². The average molecular weight is 401 g/mol. The predicted molar refractivity (Wildman–Crippen MR) is 99.5 cm³/mol. The minimum atomic E-state index is -1.33. The van der Waals surface area contributed by atoms with Crippen LogP contribution in [-0.4, -0.2) is 60.3 Å². The van der Waals surface area contributed by atoms with Crippen molar-refractivity contribution in [2.45, 2.75) is 37.8 Å². The molecule has 0 aliphatic heterocycles. The van der Waals surface area contributed by atoms with E-state index in [4.69, 9.17) is 10.6 Å². The summed E-state index contributed by atoms with van der Waals surface area (Å²) in [6.45, 7) is 7.51. The number of ether oxygens (including phenoxy) is 2. The summed E-state index contributed by atoms with van der Waals surface area (Å²) in [7, 11) is -1.33. The lowest BCUT2D eigenvalue weighted by Gasteiger charge is -2.18. The fraction of sp³-hybridized carbons (Fsp3) is 0.533. The lowest BCUT2D eigenvalue weighted by molar-refractivity contribution is -0.149. The molecule has 0 unspecified atom stereocenters. The third-order valence-electron chi connectivity index (χ3n) is 3.12. The molecule has 0 bridgehead atoms. The maximum atomic E-state index is 12.5. The number of esters is 1. The summed E-state index contributed by atoms with van der Waals surface area (Å²) < 4.78 is 10.2. The molecule has 1 aromatic rings. The molecule has 144 valence electrons. The molecule has 0 saturated heterocycles. The molecule has 1 heterocycles. The van der Waals surface area contributed by atoms with E-state index >= 15 is 0 Å². The predicted octanol–water partition coefficient (Wildman–Crippen LogP) is 1.32. The van der Waals surface area contributed by atoms with E-state index in [0.29, 0.717) is 16.8 Å². The summed E-state index contributed by atoms with van der Waals surface area (Å²) in [6, 6.07) is 0.872. The zero-order valence-electron chi connectivity index (χ0n) is 15.6. The number of hydrogen-bond donors (Lipinski definition) is 1. The Morgan fingerprint density at radius 2 is 1.96 bits per heavy atom. The first-order valence-corrected chi connectivity index (χ1v) is 12.8. The Balaban J connectivity index is 2.96. The quantitative estimate of drug-likeness (QED) is 0.131. The van der Waals surface area contributed by atoms with Gasteiger partial charge in [0.25, 0.3) is 11.8 Å². The van der Waals surface area contributed by atoms with Crippen LogP contribution in [0.15, 0.2) is 11.4 Å². The van der Waals surface area contributed by atoms with Crippen molar-refractivity contribution in [1.29, 1.82) is 0 Å². The van der Waals surface area contributed by atoms with Crippen LogP contribution in [0.25, 0.3) is 0 Å². The minimum absolute atomic E-state index is 0.0305. The Kier molecular flexibility index (Phi) is 8.18. The standard InChI is InChI=1S/C15H24N4O5SSi/c1-10(20)24-9-12(21)19(16)14(22)11-8-17-15(25-2)18-13(11)23-6-7-26(3,4)5/h8H,6-7,9,16H2,1-5H3. The number of hydrogen-bond acceptors (Lipinski definition) is 9. The van der Waals surface area contributed by atoms with Gasteiger partial charge in [-0.1, -0.05) is 31.4 Å². The summed E-state index contributed by atoms with van der Waals surface area (Å²) in [6.07, 6.45) is 3.06. The van der Waals surface area contributed by atoms with E-state index in [1.165, 1.54) is 18.0 Å². The number of thioether (sulfide) groups is 1. The molecule has 0 atom stereocenters. The smallest absolute Gasteiger partial charge is 0.303 e. The normalized spacial score (nSPS) is 11.0. The van der Waals surface area contributed by atoms with Crippen LogP contribution >= 0.6 is 11.8 Å². The van der Waals surface area contributed by atoms with E-state index in [9.17, 15) is 14.4 Å². The van der Waals surface area contributed by atoms with Gasteiger partial charge in [-0.25, -0.2) is 15.8 Å². The van der Waals surface area contributed by atoms with Crippen molar-refractivity contribution >= 4 is 37.6 Å². The van der Waals surface area contributed by atoms with E-state index in [1.54, 1.807) is 6.26 Å². The molecule has 26 heavy (non-hydrogen) atoms. The molecule has 2 amide bonds. The highest BCUT2D eigenvalue weighted by Crippen LogP contribution is 2.21. The fourth-order valence-electron chi connectivity index (χ4n) is 1.64. The number of nitrogens with zero attached hydrogens (tertiary/aromatic N) is 3. The monoisotopic (exact) mass is 400 g/mol. The number of carbonyl (C=O) groups excluding carboxylic acids is 3. The zero-order chi connectivity index (χ0) is 19.9. The molecule has 0 radical (unpaired) electrons. The number of nitrogens with two attached hydrogens (primary N) is 1. The summed E-state index contributed by atoms with van der Waals surface area (Å²) in [5.74, 6) is 3.27. The van der Waals surface area contributed by atoms with Crippen molar-refractivity contribution in [2.75, 3.05) is 19.5 Å². The van der Waals surface area contributed by atoms with Crippen molar-refractivity contribution in [3.05, 3.63) is 11.8 Å². The average Bonchev–Trinajstić information content (AvgIpc) is 2.57. The Morgan fingerprint density at radius 3 is 2.50 bits per heavy atom.